The first-order chi connectivity index (χ1) is 28.2. The van der Waals surface area contributed by atoms with Crippen LogP contribution in [0.2, 0.25) is 0 Å². The van der Waals surface area contributed by atoms with Gasteiger partial charge >= 0.3 is 0 Å². The molecule has 0 spiro atoms. The van der Waals surface area contributed by atoms with Crippen LogP contribution in [0.15, 0.2) is 108 Å². The zero-order valence-electron chi connectivity index (χ0n) is 33.3. The molecule has 2 aromatic heterocycles. The van der Waals surface area contributed by atoms with Gasteiger partial charge in [0.15, 0.2) is 17.3 Å². The summed E-state index contributed by atoms with van der Waals surface area (Å²) in [6.45, 7) is 0. The summed E-state index contributed by atoms with van der Waals surface area (Å²) in [5.74, 6) is 1.79. The van der Waals surface area contributed by atoms with Gasteiger partial charge in [-0.15, -0.1) is 22.7 Å². The Hall–Kier alpha value is -6.50. The van der Waals surface area contributed by atoms with Gasteiger partial charge < -0.3 is 37.9 Å². The number of ketones is 2. The van der Waals surface area contributed by atoms with Crippen LogP contribution in [0, 0.1) is 0 Å². The van der Waals surface area contributed by atoms with Crippen LogP contribution in [-0.2, 0) is 0 Å². The molecule has 2 heterocycles. The summed E-state index contributed by atoms with van der Waals surface area (Å²) >= 11 is 3.13. The maximum absolute atomic E-state index is 15.2. The number of Topliss-reactive ketones (excluding diaryl/α,β-unsaturated/α-hetero) is 2. The van der Waals surface area contributed by atoms with Crippen molar-refractivity contribution in [2.45, 2.75) is 0 Å². The van der Waals surface area contributed by atoms with E-state index in [0.29, 0.717) is 45.6 Å². The highest BCUT2D eigenvalue weighted by molar-refractivity contribution is 7.13. The number of allylic oxidation sites excluding steroid dienone is 4. The molecule has 0 aliphatic heterocycles. The molecule has 0 atom stereocenters. The van der Waals surface area contributed by atoms with Gasteiger partial charge in [-0.3, -0.25) is 9.59 Å². The molecule has 0 fully saturated rings. The molecule has 0 N–H and O–H groups in total. The number of thiophene rings is 2. The molecule has 4 aromatic carbocycles. The van der Waals surface area contributed by atoms with E-state index in [1.165, 1.54) is 49.8 Å². The summed E-state index contributed by atoms with van der Waals surface area (Å²) in [5, 5.41) is 3.97. The van der Waals surface area contributed by atoms with E-state index >= 15 is 9.59 Å². The molecule has 6 rings (SSSR count). The zero-order valence-corrected chi connectivity index (χ0v) is 34.9. The minimum atomic E-state index is -0.465. The molecule has 0 radical (unpaired) electrons. The summed E-state index contributed by atoms with van der Waals surface area (Å²) in [5.41, 5.74) is 3.44. The fourth-order valence-corrected chi connectivity index (χ4v) is 7.95. The molecule has 6 aromatic rings. The van der Waals surface area contributed by atoms with Gasteiger partial charge in [0.1, 0.15) is 34.3 Å². The van der Waals surface area contributed by atoms with Gasteiger partial charge in [-0.05, 0) is 94.7 Å². The first-order valence-electron chi connectivity index (χ1n) is 17.8. The number of methoxy groups -OCH3 is 8. The standard InChI is InChI=1S/C46H42O10S2/c1-49-30-25-37(52-4)43(38(26-30)53-5)45(48)32(34-22-28(14-18-36(34)51-3)42-12-10-20-58-42)16-15-31(33-21-27(13-17-35(33)50-2)41-11-9-19-57-41)44(47)29-23-39(54-6)46(56-8)40(24-29)55-7/h9-26H,1-8H3. The van der Waals surface area contributed by atoms with Crippen LogP contribution in [-0.4, -0.2) is 68.4 Å². The summed E-state index contributed by atoms with van der Waals surface area (Å²) in [6.07, 6.45) is 3.23. The first-order valence-corrected chi connectivity index (χ1v) is 19.6. The SMILES string of the molecule is COc1cc(OC)c(C(=O)C(=CC=C(C(=O)c2cc(OC)c(OC)c(OC)c2)c2cc(-c3cccs3)ccc2OC)c2cc(-c3cccs3)ccc2OC)c(OC)c1. The first kappa shape index (κ1) is 41.1. The number of rotatable bonds is 17. The molecular formula is C46H42O10S2. The van der Waals surface area contributed by atoms with Gasteiger partial charge in [-0.1, -0.05) is 12.1 Å². The quantitative estimate of drug-likeness (QED) is 0.0501. The summed E-state index contributed by atoms with van der Waals surface area (Å²) in [6, 6.07) is 25.6. The minimum absolute atomic E-state index is 0.142. The van der Waals surface area contributed by atoms with Gasteiger partial charge in [0.05, 0.1) is 56.9 Å². The number of carbonyl (C=O) groups excluding carboxylic acids is 2. The molecule has 10 nitrogen and oxygen atoms in total. The number of hydrogen-bond donors (Lipinski definition) is 0. The molecule has 0 aliphatic rings. The Balaban J connectivity index is 1.69. The van der Waals surface area contributed by atoms with E-state index in [4.69, 9.17) is 37.9 Å². The molecule has 58 heavy (non-hydrogen) atoms. The van der Waals surface area contributed by atoms with Gasteiger partial charge in [0, 0.05) is 49.7 Å². The molecular weight excluding hydrogens is 777 g/mol. The number of hydrogen-bond acceptors (Lipinski definition) is 12. The van der Waals surface area contributed by atoms with E-state index in [9.17, 15) is 0 Å². The predicted octanol–water partition coefficient (Wildman–Crippen LogP) is 10.4. The second kappa shape index (κ2) is 18.6. The van der Waals surface area contributed by atoms with Gasteiger partial charge in [0.2, 0.25) is 11.5 Å². The van der Waals surface area contributed by atoms with E-state index in [-0.39, 0.29) is 33.8 Å². The van der Waals surface area contributed by atoms with E-state index in [0.717, 1.165) is 20.9 Å². The van der Waals surface area contributed by atoms with Crippen molar-refractivity contribution in [3.8, 4) is 66.9 Å². The van der Waals surface area contributed by atoms with Gasteiger partial charge in [-0.25, -0.2) is 0 Å². The average Bonchev–Trinajstić information content (AvgIpc) is 4.02. The third-order valence-corrected chi connectivity index (χ3v) is 11.2. The van der Waals surface area contributed by atoms with Crippen molar-refractivity contribution in [1.82, 2.24) is 0 Å². The maximum atomic E-state index is 15.2. The highest BCUT2D eigenvalue weighted by Gasteiger charge is 2.28. The second-order valence-electron chi connectivity index (χ2n) is 12.4. The van der Waals surface area contributed by atoms with Crippen LogP contribution in [0.4, 0.5) is 0 Å². The van der Waals surface area contributed by atoms with Crippen molar-refractivity contribution in [2.24, 2.45) is 0 Å². The topological polar surface area (TPSA) is 108 Å². The molecule has 0 saturated carbocycles. The molecule has 0 aliphatic carbocycles. The Morgan fingerprint density at radius 1 is 0.466 bits per heavy atom. The Kier molecular flexibility index (Phi) is 13.2. The molecule has 298 valence electrons. The monoisotopic (exact) mass is 818 g/mol. The maximum Gasteiger partial charge on any atom is 0.203 e. The Morgan fingerprint density at radius 2 is 0.914 bits per heavy atom. The lowest BCUT2D eigenvalue weighted by Crippen LogP contribution is -2.10. The van der Waals surface area contributed by atoms with Crippen LogP contribution in [0.5, 0.6) is 46.0 Å². The second-order valence-corrected chi connectivity index (χ2v) is 14.3. The number of ether oxygens (including phenoxy) is 8. The average molecular weight is 819 g/mol. The lowest BCUT2D eigenvalue weighted by Gasteiger charge is -2.18. The number of carbonyl (C=O) groups is 2. The molecule has 12 heteroatoms. The van der Waals surface area contributed by atoms with Crippen LogP contribution in [0.3, 0.4) is 0 Å². The van der Waals surface area contributed by atoms with Gasteiger partial charge in [-0.2, -0.15) is 0 Å². The Morgan fingerprint density at radius 3 is 1.29 bits per heavy atom. The lowest BCUT2D eigenvalue weighted by molar-refractivity contribution is 0.104. The van der Waals surface area contributed by atoms with Crippen molar-refractivity contribution in [3.05, 3.63) is 130 Å². The fraction of sp³-hybridized carbons (Fsp3) is 0.174. The van der Waals surface area contributed by atoms with Crippen LogP contribution in [0.25, 0.3) is 32.0 Å². The van der Waals surface area contributed by atoms with Crippen molar-refractivity contribution >= 4 is 45.4 Å². The summed E-state index contributed by atoms with van der Waals surface area (Å²) in [7, 11) is 12.0. The van der Waals surface area contributed by atoms with Crippen molar-refractivity contribution in [2.75, 3.05) is 56.9 Å². The minimum Gasteiger partial charge on any atom is -0.496 e. The highest BCUT2D eigenvalue weighted by Crippen LogP contribution is 2.43. The Bertz CT molecular complexity index is 2430. The third-order valence-electron chi connectivity index (χ3n) is 9.37. The Labute approximate surface area is 345 Å². The molecule has 0 amide bonds. The number of benzene rings is 4. The zero-order chi connectivity index (χ0) is 41.3. The van der Waals surface area contributed by atoms with Gasteiger partial charge in [0.25, 0.3) is 0 Å². The summed E-state index contributed by atoms with van der Waals surface area (Å²) < 4.78 is 45.6. The van der Waals surface area contributed by atoms with Crippen molar-refractivity contribution in [1.29, 1.82) is 0 Å². The van der Waals surface area contributed by atoms with E-state index in [1.54, 1.807) is 66.2 Å². The lowest BCUT2D eigenvalue weighted by atomic mass is 9.90. The molecule has 0 saturated heterocycles. The highest BCUT2D eigenvalue weighted by atomic mass is 32.1. The van der Waals surface area contributed by atoms with Crippen LogP contribution in [0.1, 0.15) is 31.8 Å². The van der Waals surface area contributed by atoms with E-state index in [2.05, 4.69) is 0 Å². The van der Waals surface area contributed by atoms with Crippen LogP contribution >= 0.6 is 22.7 Å². The fourth-order valence-electron chi connectivity index (χ4n) is 6.50. The third kappa shape index (κ3) is 8.29. The van der Waals surface area contributed by atoms with Crippen molar-refractivity contribution < 1.29 is 47.5 Å². The molecule has 0 bridgehead atoms. The largest absolute Gasteiger partial charge is 0.496 e. The van der Waals surface area contributed by atoms with E-state index in [1.807, 2.05) is 71.4 Å². The van der Waals surface area contributed by atoms with Crippen LogP contribution < -0.4 is 37.9 Å². The molecule has 0 unspecified atom stereocenters. The normalized spacial score (nSPS) is 11.4. The summed E-state index contributed by atoms with van der Waals surface area (Å²) in [4.78, 5) is 32.3. The predicted molar refractivity (Wildman–Crippen MR) is 229 cm³/mol. The van der Waals surface area contributed by atoms with E-state index < -0.39 is 11.6 Å². The smallest absolute Gasteiger partial charge is 0.203 e. The van der Waals surface area contributed by atoms with Crippen molar-refractivity contribution in [3.63, 3.8) is 0 Å².